The zero-order valence-corrected chi connectivity index (χ0v) is 36.6. The van der Waals surface area contributed by atoms with Crippen molar-refractivity contribution in [2.24, 2.45) is 0 Å². The monoisotopic (exact) mass is 912 g/mol. The first-order chi connectivity index (χ1) is 30.2. The summed E-state index contributed by atoms with van der Waals surface area (Å²) in [4.78, 5) is 130. The molecule has 0 saturated heterocycles. The molecule has 3 atom stereocenters. The molecule has 3 unspecified atom stereocenters. The molecule has 0 aliphatic heterocycles. The predicted octanol–water partition coefficient (Wildman–Crippen LogP) is 2.50. The summed E-state index contributed by atoms with van der Waals surface area (Å²) in [6.45, 7) is 9.49. The Morgan fingerprint density at radius 2 is 1.12 bits per heavy atom. The summed E-state index contributed by atoms with van der Waals surface area (Å²) in [5.74, 6) is -8.74. The summed E-state index contributed by atoms with van der Waals surface area (Å²) in [5.41, 5.74) is -1.41. The highest BCUT2D eigenvalue weighted by molar-refractivity contribution is 6.02. The highest BCUT2D eigenvalue weighted by Gasteiger charge is 2.29. The van der Waals surface area contributed by atoms with Gasteiger partial charge in [-0.1, -0.05) is 0 Å². The van der Waals surface area contributed by atoms with Gasteiger partial charge in [-0.15, -0.1) is 0 Å². The van der Waals surface area contributed by atoms with Crippen LogP contribution in [0.2, 0.25) is 0 Å². The number of hydrogen-bond donors (Lipinski definition) is 9. The number of carboxylic acids is 4. The Balaban J connectivity index is 2.01. The van der Waals surface area contributed by atoms with E-state index in [0.29, 0.717) is 5.69 Å². The number of hydrogen-bond acceptors (Lipinski definition) is 16. The van der Waals surface area contributed by atoms with Crippen molar-refractivity contribution in [3.8, 4) is 0 Å². The molecule has 0 spiro atoms. The van der Waals surface area contributed by atoms with E-state index < -0.39 is 115 Å². The SMILES string of the molecule is CN(Cc1cnc2nc(NC(=O)C(CCC(=O)O)NC(=O)OC(C)(C)C)nc(NC(=O)C(CCC(=O)O)NC(=O)OC(C)(C)C)c2n1)c1ccc(C(=O)NC(CCC(=O)O)C(=O)O)cc1. The molecular weight excluding hydrogens is 860 g/mol. The number of benzene rings is 1. The third kappa shape index (κ3) is 17.9. The average molecular weight is 913 g/mol. The minimum absolute atomic E-state index is 0.0274. The largest absolute Gasteiger partial charge is 0.481 e. The van der Waals surface area contributed by atoms with E-state index >= 15 is 0 Å². The molecule has 352 valence electrons. The van der Waals surface area contributed by atoms with Crippen molar-refractivity contribution in [1.82, 2.24) is 35.9 Å². The van der Waals surface area contributed by atoms with Gasteiger partial charge in [0.05, 0.1) is 18.4 Å². The molecule has 2 heterocycles. The number of nitrogens with zero attached hydrogens (tertiary/aromatic N) is 5. The van der Waals surface area contributed by atoms with Gasteiger partial charge < -0.3 is 56.1 Å². The number of carbonyl (C=O) groups is 9. The number of aliphatic carboxylic acids is 4. The maximum absolute atomic E-state index is 13.8. The van der Waals surface area contributed by atoms with Gasteiger partial charge in [-0.3, -0.25) is 34.1 Å². The van der Waals surface area contributed by atoms with E-state index in [9.17, 15) is 58.5 Å². The minimum atomic E-state index is -1.51. The van der Waals surface area contributed by atoms with Crippen LogP contribution in [0.1, 0.15) is 96.1 Å². The van der Waals surface area contributed by atoms with Crippen LogP contribution in [-0.2, 0) is 44.8 Å². The summed E-state index contributed by atoms with van der Waals surface area (Å²) in [7, 11) is 1.66. The lowest BCUT2D eigenvalue weighted by atomic mass is 10.1. The van der Waals surface area contributed by atoms with Crippen LogP contribution in [0.3, 0.4) is 0 Å². The first-order valence-corrected chi connectivity index (χ1v) is 19.8. The molecule has 3 aromatic rings. The zero-order valence-electron chi connectivity index (χ0n) is 36.6. The molecule has 9 N–H and O–H groups in total. The second-order valence-corrected chi connectivity index (χ2v) is 16.4. The molecule has 0 bridgehead atoms. The van der Waals surface area contributed by atoms with E-state index in [4.69, 9.17) is 14.6 Å². The molecule has 2 aromatic heterocycles. The van der Waals surface area contributed by atoms with E-state index in [0.717, 1.165) is 0 Å². The van der Waals surface area contributed by atoms with Crippen molar-refractivity contribution in [1.29, 1.82) is 0 Å². The molecule has 0 aliphatic rings. The van der Waals surface area contributed by atoms with Crippen molar-refractivity contribution in [2.75, 3.05) is 22.6 Å². The normalized spacial score (nSPS) is 12.7. The van der Waals surface area contributed by atoms with Gasteiger partial charge in [-0.2, -0.15) is 9.97 Å². The number of alkyl carbamates (subject to hydrolysis) is 2. The summed E-state index contributed by atoms with van der Waals surface area (Å²) in [6, 6.07) is 1.53. The predicted molar refractivity (Wildman–Crippen MR) is 227 cm³/mol. The maximum atomic E-state index is 13.8. The van der Waals surface area contributed by atoms with Crippen LogP contribution in [0, 0.1) is 0 Å². The Labute approximate surface area is 371 Å². The van der Waals surface area contributed by atoms with E-state index in [1.807, 2.05) is 0 Å². The van der Waals surface area contributed by atoms with Gasteiger partial charge >= 0.3 is 36.1 Å². The lowest BCUT2D eigenvalue weighted by molar-refractivity contribution is -0.141. The topological polar surface area (TPSA) is 368 Å². The summed E-state index contributed by atoms with van der Waals surface area (Å²) in [5, 5.41) is 48.8. The summed E-state index contributed by atoms with van der Waals surface area (Å²) in [6.07, 6.45) is -3.42. The third-order valence-corrected chi connectivity index (χ3v) is 8.46. The van der Waals surface area contributed by atoms with Crippen molar-refractivity contribution >= 4 is 82.4 Å². The van der Waals surface area contributed by atoms with Crippen LogP contribution in [0.5, 0.6) is 0 Å². The lowest BCUT2D eigenvalue weighted by Gasteiger charge is -2.23. The Bertz CT molecular complexity index is 2280. The Hall–Kier alpha value is -7.73. The first-order valence-electron chi connectivity index (χ1n) is 19.8. The van der Waals surface area contributed by atoms with Crippen LogP contribution in [0.4, 0.5) is 27.0 Å². The molecule has 0 aliphatic carbocycles. The zero-order chi connectivity index (χ0) is 48.8. The number of nitrogens with one attached hydrogen (secondary N) is 5. The Morgan fingerprint density at radius 1 is 0.646 bits per heavy atom. The van der Waals surface area contributed by atoms with E-state index in [2.05, 4.69) is 46.5 Å². The Kier molecular flexibility index (Phi) is 17.9. The fourth-order valence-corrected chi connectivity index (χ4v) is 5.51. The minimum Gasteiger partial charge on any atom is -0.481 e. The van der Waals surface area contributed by atoms with Gasteiger partial charge in [0.15, 0.2) is 17.0 Å². The molecule has 0 fully saturated rings. The molecule has 65 heavy (non-hydrogen) atoms. The van der Waals surface area contributed by atoms with Crippen molar-refractivity contribution in [3.05, 3.63) is 41.7 Å². The standard InChI is InChI=1S/C40H52N10O15/c1-39(2,3)64-37(62)44-23(12-15-26(51)52)33(58)46-31-29-30(47-36(48-31)49-34(59)24(13-16-27(53)54)45-38(63)65-40(4,5)6)41-18-21(42-29)19-50(7)22-10-8-20(9-11-22)32(57)43-25(35(60)61)14-17-28(55)56/h8-11,18,23-25H,12-17,19H2,1-7H3,(H,43,57)(H,44,62)(H,45,63)(H,51,52)(H,53,54)(H,55,56)(H,60,61)(H2,41,46,47,48,49,58,59). The van der Waals surface area contributed by atoms with Crippen LogP contribution >= 0.6 is 0 Å². The highest BCUT2D eigenvalue weighted by Crippen LogP contribution is 2.23. The van der Waals surface area contributed by atoms with Gasteiger partial charge in [-0.25, -0.2) is 24.4 Å². The second-order valence-electron chi connectivity index (χ2n) is 16.4. The van der Waals surface area contributed by atoms with Crippen molar-refractivity contribution in [2.45, 2.75) is 116 Å². The molecule has 25 heteroatoms. The number of aromatic nitrogens is 4. The van der Waals surface area contributed by atoms with Crippen LogP contribution in [0.15, 0.2) is 30.5 Å². The van der Waals surface area contributed by atoms with Gasteiger partial charge in [0.25, 0.3) is 5.91 Å². The van der Waals surface area contributed by atoms with E-state index in [-0.39, 0.29) is 47.6 Å². The number of fused-ring (bicyclic) bond motifs is 1. The highest BCUT2D eigenvalue weighted by atomic mass is 16.6. The second kappa shape index (κ2) is 22.6. The first kappa shape index (κ1) is 51.6. The summed E-state index contributed by atoms with van der Waals surface area (Å²) < 4.78 is 10.5. The fraction of sp³-hybridized carbons (Fsp3) is 0.475. The van der Waals surface area contributed by atoms with E-state index in [1.54, 1.807) is 65.6 Å². The van der Waals surface area contributed by atoms with Crippen LogP contribution < -0.4 is 31.5 Å². The fourth-order valence-electron chi connectivity index (χ4n) is 5.51. The van der Waals surface area contributed by atoms with Gasteiger partial charge in [0, 0.05) is 37.6 Å². The third-order valence-electron chi connectivity index (χ3n) is 8.46. The van der Waals surface area contributed by atoms with Gasteiger partial charge in [0.1, 0.15) is 29.3 Å². The summed E-state index contributed by atoms with van der Waals surface area (Å²) >= 11 is 0. The van der Waals surface area contributed by atoms with E-state index in [1.165, 1.54) is 18.3 Å². The molecule has 3 rings (SSSR count). The number of carboxylic acid groups (broad SMARTS) is 4. The molecule has 0 saturated carbocycles. The number of rotatable bonds is 21. The van der Waals surface area contributed by atoms with Gasteiger partial charge in [-0.05, 0) is 85.1 Å². The van der Waals surface area contributed by atoms with Crippen LogP contribution in [0.25, 0.3) is 11.2 Å². The number of ether oxygens (including phenoxy) is 2. The lowest BCUT2D eigenvalue weighted by Crippen LogP contribution is -2.46. The number of anilines is 3. The smallest absolute Gasteiger partial charge is 0.408 e. The molecule has 25 nitrogen and oxygen atoms in total. The van der Waals surface area contributed by atoms with Crippen molar-refractivity contribution in [3.63, 3.8) is 0 Å². The molecule has 1 aromatic carbocycles. The molecular formula is C40H52N10O15. The van der Waals surface area contributed by atoms with Gasteiger partial charge in [0.2, 0.25) is 17.8 Å². The Morgan fingerprint density at radius 3 is 1.58 bits per heavy atom. The molecule has 5 amide bonds. The van der Waals surface area contributed by atoms with Crippen molar-refractivity contribution < 1.29 is 73.1 Å². The number of amides is 5. The quantitative estimate of drug-likeness (QED) is 0.0741. The maximum Gasteiger partial charge on any atom is 0.408 e. The number of carbonyl (C=O) groups excluding carboxylic acids is 5. The molecule has 0 radical (unpaired) electrons. The average Bonchev–Trinajstić information content (AvgIpc) is 3.17. The van der Waals surface area contributed by atoms with Crippen LogP contribution in [-0.4, -0.2) is 131 Å².